The Morgan fingerprint density at radius 2 is 1.65 bits per heavy atom. The second-order valence-corrected chi connectivity index (χ2v) is 11.4. The summed E-state index contributed by atoms with van der Waals surface area (Å²) >= 11 is 0. The molecule has 0 aromatic carbocycles. The molecule has 3 saturated carbocycles. The molecule has 3 aliphatic rings. The number of aliphatic hydroxyl groups is 1. The van der Waals surface area contributed by atoms with Crippen LogP contribution in [0, 0.1) is 39.4 Å². The number of ketones is 3. The van der Waals surface area contributed by atoms with Crippen molar-refractivity contribution in [3.8, 4) is 0 Å². The van der Waals surface area contributed by atoms with E-state index in [1.807, 2.05) is 6.92 Å². The lowest BCUT2D eigenvalue weighted by atomic mass is 9.35. The molecule has 0 aromatic heterocycles. The summed E-state index contributed by atoms with van der Waals surface area (Å²) in [6, 6.07) is 0. The predicted molar refractivity (Wildman–Crippen MR) is 121 cm³/mol. The molecule has 0 saturated heterocycles. The second-order valence-electron chi connectivity index (χ2n) is 11.4. The van der Waals surface area contributed by atoms with Gasteiger partial charge in [-0.05, 0) is 31.1 Å². The van der Waals surface area contributed by atoms with Gasteiger partial charge in [0.05, 0.1) is 25.6 Å². The molecule has 34 heavy (non-hydrogen) atoms. The van der Waals surface area contributed by atoms with Gasteiger partial charge in [0, 0.05) is 23.2 Å². The molecule has 3 unspecified atom stereocenters. The van der Waals surface area contributed by atoms with Gasteiger partial charge in [-0.25, -0.2) is 0 Å². The van der Waals surface area contributed by atoms with E-state index in [-0.39, 0.29) is 18.6 Å². The molecule has 8 nitrogen and oxygen atoms in total. The fourth-order valence-electron chi connectivity index (χ4n) is 7.71. The summed E-state index contributed by atoms with van der Waals surface area (Å²) in [4.78, 5) is 65.3. The van der Waals surface area contributed by atoms with Crippen molar-refractivity contribution in [1.82, 2.24) is 0 Å². The summed E-state index contributed by atoms with van der Waals surface area (Å²) in [6.07, 6.45) is -1.22. The summed E-state index contributed by atoms with van der Waals surface area (Å²) in [7, 11) is 2.35. The van der Waals surface area contributed by atoms with Crippen LogP contribution in [0.1, 0.15) is 60.3 Å². The van der Waals surface area contributed by atoms with Crippen LogP contribution in [-0.2, 0) is 33.4 Å². The van der Waals surface area contributed by atoms with Gasteiger partial charge in [0.15, 0.2) is 11.6 Å². The molecular weight excluding hydrogens is 440 g/mol. The Balaban J connectivity index is 2.26. The third-order valence-electron chi connectivity index (χ3n) is 9.61. The maximum absolute atomic E-state index is 13.8. The molecule has 8 heteroatoms. The van der Waals surface area contributed by atoms with Gasteiger partial charge in [-0.1, -0.05) is 39.8 Å². The summed E-state index contributed by atoms with van der Waals surface area (Å²) in [5.74, 6) is -5.05. The number of aliphatic hydroxyl groups excluding tert-OH is 1. The van der Waals surface area contributed by atoms with Gasteiger partial charge in [-0.3, -0.25) is 24.0 Å². The van der Waals surface area contributed by atoms with Crippen molar-refractivity contribution in [2.45, 2.75) is 66.4 Å². The van der Waals surface area contributed by atoms with Gasteiger partial charge >= 0.3 is 11.9 Å². The fourth-order valence-corrected chi connectivity index (χ4v) is 7.71. The highest BCUT2D eigenvalue weighted by atomic mass is 16.5. The number of carbonyl (C=O) groups is 5. The molecule has 1 N–H and O–H groups in total. The van der Waals surface area contributed by atoms with Crippen LogP contribution in [0.25, 0.3) is 0 Å². The largest absolute Gasteiger partial charge is 0.469 e. The van der Waals surface area contributed by atoms with Crippen molar-refractivity contribution < 1.29 is 38.6 Å². The zero-order valence-corrected chi connectivity index (χ0v) is 21.1. The Labute approximate surface area is 200 Å². The third-order valence-corrected chi connectivity index (χ3v) is 9.61. The number of ether oxygens (including phenoxy) is 2. The predicted octanol–water partition coefficient (Wildman–Crippen LogP) is 2.45. The van der Waals surface area contributed by atoms with Crippen molar-refractivity contribution in [2.24, 2.45) is 39.4 Å². The number of rotatable bonds is 4. The summed E-state index contributed by atoms with van der Waals surface area (Å²) in [5.41, 5.74) is -4.19. The lowest BCUT2D eigenvalue weighted by Crippen LogP contribution is -2.72. The third kappa shape index (κ3) is 3.17. The quantitative estimate of drug-likeness (QED) is 0.373. The van der Waals surface area contributed by atoms with E-state index in [0.717, 1.165) is 0 Å². The minimum atomic E-state index is -1.61. The first-order valence-corrected chi connectivity index (χ1v) is 11.7. The first-order valence-electron chi connectivity index (χ1n) is 11.7. The van der Waals surface area contributed by atoms with Gasteiger partial charge < -0.3 is 14.6 Å². The number of esters is 2. The minimum Gasteiger partial charge on any atom is -0.469 e. The maximum atomic E-state index is 13.8. The molecular formula is C26H36O8. The Morgan fingerprint density at radius 3 is 2.18 bits per heavy atom. The van der Waals surface area contributed by atoms with Crippen LogP contribution in [0.2, 0.25) is 0 Å². The Hall–Kier alpha value is -2.35. The summed E-state index contributed by atoms with van der Waals surface area (Å²) < 4.78 is 9.78. The zero-order chi connectivity index (χ0) is 26.0. The molecule has 0 radical (unpaired) electrons. The van der Waals surface area contributed by atoms with Crippen molar-refractivity contribution in [3.05, 3.63) is 12.2 Å². The Kier molecular flexibility index (Phi) is 6.26. The van der Waals surface area contributed by atoms with Crippen molar-refractivity contribution in [3.63, 3.8) is 0 Å². The van der Waals surface area contributed by atoms with E-state index in [2.05, 4.69) is 11.3 Å². The standard InChI is InChI=1S/C26H36O8/c1-13-11-14-24(4)10-9-15(27)23(2,3)19(24)18(30)21(31)26(14,6)20(22(32)34-8)25(13,5)16(28)12-17(29)33-7/h14,19-21,31H,1,9-12H2,2-8H3/t14?,19?,20?,21-,24+,25+,26+/m0/s1. The molecule has 3 fully saturated rings. The van der Waals surface area contributed by atoms with E-state index in [1.54, 1.807) is 20.8 Å². The van der Waals surface area contributed by atoms with Gasteiger partial charge in [0.1, 0.15) is 18.3 Å². The monoisotopic (exact) mass is 476 g/mol. The van der Waals surface area contributed by atoms with Crippen LogP contribution in [0.15, 0.2) is 12.2 Å². The van der Waals surface area contributed by atoms with Crippen molar-refractivity contribution in [1.29, 1.82) is 0 Å². The van der Waals surface area contributed by atoms with E-state index >= 15 is 0 Å². The molecule has 3 rings (SSSR count). The van der Waals surface area contributed by atoms with E-state index in [9.17, 15) is 29.1 Å². The molecule has 188 valence electrons. The number of Topliss-reactive ketones (excluding diaryl/α,β-unsaturated/α-hetero) is 3. The average Bonchev–Trinajstić information content (AvgIpc) is 2.76. The number of carbonyl (C=O) groups excluding carboxylic acids is 5. The molecule has 0 amide bonds. The first kappa shape index (κ1) is 26.3. The van der Waals surface area contributed by atoms with Crippen LogP contribution >= 0.6 is 0 Å². The van der Waals surface area contributed by atoms with E-state index in [4.69, 9.17) is 4.74 Å². The summed E-state index contributed by atoms with van der Waals surface area (Å²) in [6.45, 7) is 12.8. The van der Waals surface area contributed by atoms with Gasteiger partial charge in [0.25, 0.3) is 0 Å². The van der Waals surface area contributed by atoms with Crippen LogP contribution in [0.4, 0.5) is 0 Å². The van der Waals surface area contributed by atoms with E-state index in [1.165, 1.54) is 21.1 Å². The fraction of sp³-hybridized carbons (Fsp3) is 0.731. The zero-order valence-electron chi connectivity index (χ0n) is 21.1. The molecule has 3 aliphatic carbocycles. The maximum Gasteiger partial charge on any atom is 0.313 e. The molecule has 0 bridgehead atoms. The lowest BCUT2D eigenvalue weighted by molar-refractivity contribution is -0.220. The van der Waals surface area contributed by atoms with Crippen molar-refractivity contribution in [2.75, 3.05) is 14.2 Å². The number of allylic oxidation sites excluding steroid dienone is 1. The molecule has 7 atom stereocenters. The average molecular weight is 477 g/mol. The minimum absolute atomic E-state index is 0.0311. The molecule has 0 aliphatic heterocycles. The van der Waals surface area contributed by atoms with E-state index < -0.39 is 75.4 Å². The van der Waals surface area contributed by atoms with Gasteiger partial charge in [0.2, 0.25) is 0 Å². The first-order chi connectivity index (χ1) is 15.6. The van der Waals surface area contributed by atoms with Crippen LogP contribution in [0.3, 0.4) is 0 Å². The number of hydrogen-bond donors (Lipinski definition) is 1. The van der Waals surface area contributed by atoms with Crippen LogP contribution in [-0.4, -0.2) is 54.7 Å². The highest BCUT2D eigenvalue weighted by molar-refractivity contribution is 6.03. The summed E-state index contributed by atoms with van der Waals surface area (Å²) in [5, 5.41) is 11.5. The highest BCUT2D eigenvalue weighted by Gasteiger charge is 2.74. The molecule has 0 heterocycles. The normalized spacial score (nSPS) is 41.2. The smallest absolute Gasteiger partial charge is 0.313 e. The van der Waals surface area contributed by atoms with Crippen molar-refractivity contribution >= 4 is 29.3 Å². The number of methoxy groups -OCH3 is 2. The number of hydrogen-bond acceptors (Lipinski definition) is 8. The van der Waals surface area contributed by atoms with Gasteiger partial charge in [-0.15, -0.1) is 0 Å². The van der Waals surface area contributed by atoms with Crippen LogP contribution < -0.4 is 0 Å². The highest BCUT2D eigenvalue weighted by Crippen LogP contribution is 2.70. The lowest BCUT2D eigenvalue weighted by Gasteiger charge is -2.67. The van der Waals surface area contributed by atoms with Crippen LogP contribution in [0.5, 0.6) is 0 Å². The molecule has 0 spiro atoms. The molecule has 0 aromatic rings. The SMILES string of the molecule is C=C1CC2[C@@]3(C)CCC(=O)C(C)(C)C3C(=O)[C@H](O)[C@@]2(C)C(C(=O)OC)[C@@]1(C)C(=O)CC(=O)OC. The Morgan fingerprint density at radius 1 is 1.06 bits per heavy atom. The number of fused-ring (bicyclic) bond motifs is 3. The van der Waals surface area contributed by atoms with Gasteiger partial charge in [-0.2, -0.15) is 0 Å². The second kappa shape index (κ2) is 8.11. The topological polar surface area (TPSA) is 124 Å². The van der Waals surface area contributed by atoms with E-state index in [0.29, 0.717) is 12.0 Å². The Bertz CT molecular complexity index is 979.